The van der Waals surface area contributed by atoms with Crippen LogP contribution in [0.5, 0.6) is 0 Å². The second kappa shape index (κ2) is 11.7. The summed E-state index contributed by atoms with van der Waals surface area (Å²) in [6.07, 6.45) is 3.04. The zero-order valence-electron chi connectivity index (χ0n) is 12.2. The standard InChI is InChI=1S/C14H28O4/c1-6-12(3)17-9-8-16-10-13(4)18-11-14(7-2)15-5/h6,12-14H,1,7-11H2,2-5H3. The lowest BCUT2D eigenvalue weighted by atomic mass is 10.3. The Morgan fingerprint density at radius 2 is 1.83 bits per heavy atom. The topological polar surface area (TPSA) is 36.9 Å². The molecule has 18 heavy (non-hydrogen) atoms. The molecule has 4 heteroatoms. The van der Waals surface area contributed by atoms with Crippen LogP contribution in [0.1, 0.15) is 27.2 Å². The molecule has 0 amide bonds. The van der Waals surface area contributed by atoms with Gasteiger partial charge in [0.15, 0.2) is 0 Å². The highest BCUT2D eigenvalue weighted by atomic mass is 16.6. The van der Waals surface area contributed by atoms with E-state index in [0.717, 1.165) is 6.42 Å². The molecule has 0 aromatic rings. The summed E-state index contributed by atoms with van der Waals surface area (Å²) in [7, 11) is 1.71. The predicted molar refractivity (Wildman–Crippen MR) is 72.9 cm³/mol. The molecule has 3 atom stereocenters. The van der Waals surface area contributed by atoms with E-state index in [2.05, 4.69) is 13.5 Å². The quantitative estimate of drug-likeness (QED) is 0.399. The zero-order valence-corrected chi connectivity index (χ0v) is 12.2. The van der Waals surface area contributed by atoms with Gasteiger partial charge in [-0.25, -0.2) is 0 Å². The van der Waals surface area contributed by atoms with Crippen molar-refractivity contribution in [2.75, 3.05) is 33.5 Å². The smallest absolute Gasteiger partial charge is 0.0802 e. The van der Waals surface area contributed by atoms with Crippen molar-refractivity contribution in [1.29, 1.82) is 0 Å². The normalized spacial score (nSPS) is 16.2. The van der Waals surface area contributed by atoms with Crippen molar-refractivity contribution < 1.29 is 18.9 Å². The molecule has 0 aromatic heterocycles. The average molecular weight is 260 g/mol. The van der Waals surface area contributed by atoms with Gasteiger partial charge in [0.1, 0.15) is 0 Å². The Balaban J connectivity index is 3.41. The van der Waals surface area contributed by atoms with Crippen molar-refractivity contribution in [3.8, 4) is 0 Å². The van der Waals surface area contributed by atoms with Crippen LogP contribution in [-0.4, -0.2) is 51.8 Å². The summed E-state index contributed by atoms with van der Waals surface area (Å²) in [5.74, 6) is 0. The molecule has 108 valence electrons. The summed E-state index contributed by atoms with van der Waals surface area (Å²) in [4.78, 5) is 0. The van der Waals surface area contributed by atoms with E-state index in [-0.39, 0.29) is 18.3 Å². The summed E-state index contributed by atoms with van der Waals surface area (Å²) in [6, 6.07) is 0. The monoisotopic (exact) mass is 260 g/mol. The molecule has 0 saturated carbocycles. The van der Waals surface area contributed by atoms with Gasteiger partial charge in [-0.2, -0.15) is 0 Å². The van der Waals surface area contributed by atoms with E-state index in [4.69, 9.17) is 18.9 Å². The number of methoxy groups -OCH3 is 1. The molecule has 0 aliphatic carbocycles. The van der Waals surface area contributed by atoms with Crippen LogP contribution < -0.4 is 0 Å². The van der Waals surface area contributed by atoms with Gasteiger partial charge in [0.2, 0.25) is 0 Å². The fourth-order valence-electron chi connectivity index (χ4n) is 1.28. The van der Waals surface area contributed by atoms with E-state index in [1.807, 2.05) is 13.8 Å². The Hall–Kier alpha value is -0.420. The molecule has 3 unspecified atom stereocenters. The van der Waals surface area contributed by atoms with Gasteiger partial charge in [-0.05, 0) is 20.3 Å². The van der Waals surface area contributed by atoms with E-state index >= 15 is 0 Å². The van der Waals surface area contributed by atoms with Gasteiger partial charge in [0.25, 0.3) is 0 Å². The maximum Gasteiger partial charge on any atom is 0.0802 e. The second-order valence-electron chi connectivity index (χ2n) is 4.30. The highest BCUT2D eigenvalue weighted by molar-refractivity contribution is 4.74. The van der Waals surface area contributed by atoms with E-state index in [1.54, 1.807) is 13.2 Å². The van der Waals surface area contributed by atoms with Crippen molar-refractivity contribution >= 4 is 0 Å². The molecule has 0 fully saturated rings. The van der Waals surface area contributed by atoms with Crippen molar-refractivity contribution in [3.63, 3.8) is 0 Å². The third-order valence-electron chi connectivity index (χ3n) is 2.65. The average Bonchev–Trinajstić information content (AvgIpc) is 2.39. The van der Waals surface area contributed by atoms with Crippen LogP contribution in [0.15, 0.2) is 12.7 Å². The van der Waals surface area contributed by atoms with Gasteiger partial charge < -0.3 is 18.9 Å². The first-order chi connectivity index (χ1) is 8.63. The molecule has 0 N–H and O–H groups in total. The first-order valence-corrected chi connectivity index (χ1v) is 6.60. The summed E-state index contributed by atoms with van der Waals surface area (Å²) in [5, 5.41) is 0. The van der Waals surface area contributed by atoms with Crippen molar-refractivity contribution in [2.45, 2.75) is 45.5 Å². The fraction of sp³-hybridized carbons (Fsp3) is 0.857. The van der Waals surface area contributed by atoms with Gasteiger partial charge in [-0.15, -0.1) is 6.58 Å². The minimum Gasteiger partial charge on any atom is -0.379 e. The Labute approximate surface area is 111 Å². The van der Waals surface area contributed by atoms with Crippen molar-refractivity contribution in [2.24, 2.45) is 0 Å². The summed E-state index contributed by atoms with van der Waals surface area (Å²) >= 11 is 0. The van der Waals surface area contributed by atoms with Crippen LogP contribution in [0.3, 0.4) is 0 Å². The number of rotatable bonds is 12. The number of hydrogen-bond donors (Lipinski definition) is 0. The molecule has 0 aliphatic rings. The molecule has 0 saturated heterocycles. The van der Waals surface area contributed by atoms with Crippen LogP contribution in [0.4, 0.5) is 0 Å². The predicted octanol–water partition coefficient (Wildman–Crippen LogP) is 2.42. The third kappa shape index (κ3) is 9.59. The van der Waals surface area contributed by atoms with E-state index in [0.29, 0.717) is 26.4 Å². The largest absolute Gasteiger partial charge is 0.379 e. The van der Waals surface area contributed by atoms with Crippen LogP contribution in [0.25, 0.3) is 0 Å². The van der Waals surface area contributed by atoms with Crippen molar-refractivity contribution in [1.82, 2.24) is 0 Å². The molecule has 0 bridgehead atoms. The third-order valence-corrected chi connectivity index (χ3v) is 2.65. The van der Waals surface area contributed by atoms with Gasteiger partial charge >= 0.3 is 0 Å². The van der Waals surface area contributed by atoms with Crippen molar-refractivity contribution in [3.05, 3.63) is 12.7 Å². The Morgan fingerprint density at radius 1 is 1.11 bits per heavy atom. The zero-order chi connectivity index (χ0) is 13.8. The first kappa shape index (κ1) is 17.6. The fourth-order valence-corrected chi connectivity index (χ4v) is 1.28. The van der Waals surface area contributed by atoms with Crippen LogP contribution >= 0.6 is 0 Å². The maximum atomic E-state index is 5.63. The molecule has 0 radical (unpaired) electrons. The Kier molecular flexibility index (Phi) is 11.4. The number of ether oxygens (including phenoxy) is 4. The van der Waals surface area contributed by atoms with E-state index in [9.17, 15) is 0 Å². The summed E-state index contributed by atoms with van der Waals surface area (Å²) < 4.78 is 21.7. The van der Waals surface area contributed by atoms with Crippen LogP contribution in [0, 0.1) is 0 Å². The van der Waals surface area contributed by atoms with E-state index < -0.39 is 0 Å². The van der Waals surface area contributed by atoms with Gasteiger partial charge in [0.05, 0.1) is 44.7 Å². The second-order valence-corrected chi connectivity index (χ2v) is 4.30. The SMILES string of the molecule is C=CC(C)OCCOCC(C)OCC(CC)OC. The van der Waals surface area contributed by atoms with Gasteiger partial charge in [-0.1, -0.05) is 13.0 Å². The first-order valence-electron chi connectivity index (χ1n) is 6.60. The molecular formula is C14H28O4. The minimum atomic E-state index is 0.0750. The molecule has 4 nitrogen and oxygen atoms in total. The molecule has 0 aromatic carbocycles. The summed E-state index contributed by atoms with van der Waals surface area (Å²) in [6.45, 7) is 12.0. The highest BCUT2D eigenvalue weighted by Gasteiger charge is 2.08. The van der Waals surface area contributed by atoms with E-state index in [1.165, 1.54) is 0 Å². The lowest BCUT2D eigenvalue weighted by Gasteiger charge is -2.18. The molecule has 0 rings (SSSR count). The Morgan fingerprint density at radius 3 is 2.39 bits per heavy atom. The number of hydrogen-bond acceptors (Lipinski definition) is 4. The Bertz CT molecular complexity index is 192. The van der Waals surface area contributed by atoms with Gasteiger partial charge in [0, 0.05) is 7.11 Å². The molecular weight excluding hydrogens is 232 g/mol. The molecule has 0 spiro atoms. The highest BCUT2D eigenvalue weighted by Crippen LogP contribution is 2.00. The molecule has 0 heterocycles. The van der Waals surface area contributed by atoms with Gasteiger partial charge in [-0.3, -0.25) is 0 Å². The van der Waals surface area contributed by atoms with Crippen LogP contribution in [-0.2, 0) is 18.9 Å². The van der Waals surface area contributed by atoms with Crippen LogP contribution in [0.2, 0.25) is 0 Å². The molecule has 0 aliphatic heterocycles. The lowest BCUT2D eigenvalue weighted by Crippen LogP contribution is -2.24. The maximum absolute atomic E-state index is 5.63. The lowest BCUT2D eigenvalue weighted by molar-refractivity contribution is -0.0599. The summed E-state index contributed by atoms with van der Waals surface area (Å²) in [5.41, 5.74) is 0. The minimum absolute atomic E-state index is 0.0750.